The number of hydrogen-bond donors (Lipinski definition) is 4. The van der Waals surface area contributed by atoms with Crippen molar-refractivity contribution < 1.29 is 23.8 Å². The standard InChI is InChI=1S/C29H31FN8O4/c1-42-29(12-9-20(10-13-29)37(28(40)41)19-5-3-2-4-6-19)35-25-15-23(33-18-7-8-18)26-32-17-24(38(26)36-25)27(39)34-22-11-14-31-16-21(22)30/h2-6,11,14-18,20,33H,7-10,12-13H2,1H3,(H,35,36)(H,40,41)(H,31,34,39)/t20-,29+. The van der Waals surface area contributed by atoms with Gasteiger partial charge in [-0.2, -0.15) is 0 Å². The van der Waals surface area contributed by atoms with E-state index in [1.807, 2.05) is 24.3 Å². The highest BCUT2D eigenvalue weighted by Gasteiger charge is 2.39. The highest BCUT2D eigenvalue weighted by molar-refractivity contribution is 6.03. The molecule has 13 heteroatoms. The van der Waals surface area contributed by atoms with E-state index < -0.39 is 23.5 Å². The molecule has 2 saturated carbocycles. The predicted octanol–water partition coefficient (Wildman–Crippen LogP) is 4.97. The fourth-order valence-corrected chi connectivity index (χ4v) is 5.41. The van der Waals surface area contributed by atoms with Gasteiger partial charge in [-0.25, -0.2) is 18.7 Å². The van der Waals surface area contributed by atoms with Crippen LogP contribution in [0, 0.1) is 5.82 Å². The number of amides is 2. The monoisotopic (exact) mass is 574 g/mol. The van der Waals surface area contributed by atoms with E-state index >= 15 is 0 Å². The summed E-state index contributed by atoms with van der Waals surface area (Å²) < 4.78 is 21.6. The number of carboxylic acid groups (broad SMARTS) is 1. The van der Waals surface area contributed by atoms with Gasteiger partial charge in [0.05, 0.1) is 23.8 Å². The second-order valence-corrected chi connectivity index (χ2v) is 10.6. The number of rotatable bonds is 9. The van der Waals surface area contributed by atoms with Crippen LogP contribution in [0.15, 0.2) is 61.1 Å². The summed E-state index contributed by atoms with van der Waals surface area (Å²) in [6.07, 6.45) is 7.04. The Labute approximate surface area is 240 Å². The number of anilines is 4. The van der Waals surface area contributed by atoms with E-state index in [0.717, 1.165) is 19.0 Å². The zero-order chi connectivity index (χ0) is 29.3. The van der Waals surface area contributed by atoms with Crippen LogP contribution in [-0.2, 0) is 4.74 Å². The molecule has 12 nitrogen and oxygen atoms in total. The first-order valence-corrected chi connectivity index (χ1v) is 13.8. The second kappa shape index (κ2) is 11.2. The number of nitrogens with zero attached hydrogens (tertiary/aromatic N) is 5. The Bertz CT molecular complexity index is 1600. The number of benzene rings is 1. The van der Waals surface area contributed by atoms with Gasteiger partial charge in [0.25, 0.3) is 5.91 Å². The highest BCUT2D eigenvalue weighted by Crippen LogP contribution is 2.37. The molecule has 2 aliphatic carbocycles. The lowest BCUT2D eigenvalue weighted by Crippen LogP contribution is -2.50. The molecule has 42 heavy (non-hydrogen) atoms. The van der Waals surface area contributed by atoms with E-state index in [9.17, 15) is 19.1 Å². The molecule has 3 aromatic heterocycles. The number of carbonyl (C=O) groups is 2. The molecular weight excluding hydrogens is 543 g/mol. The Morgan fingerprint density at radius 1 is 1.10 bits per heavy atom. The van der Waals surface area contributed by atoms with Gasteiger partial charge in [0.1, 0.15) is 5.72 Å². The summed E-state index contributed by atoms with van der Waals surface area (Å²) in [6, 6.07) is 12.4. The third-order valence-corrected chi connectivity index (χ3v) is 7.77. The average Bonchev–Trinajstić information content (AvgIpc) is 3.70. The van der Waals surface area contributed by atoms with E-state index in [4.69, 9.17) is 4.74 Å². The number of para-hydroxylation sites is 1. The zero-order valence-electron chi connectivity index (χ0n) is 23.0. The number of nitrogens with one attached hydrogen (secondary N) is 3. The summed E-state index contributed by atoms with van der Waals surface area (Å²) in [5.41, 5.74) is 1.11. The van der Waals surface area contributed by atoms with Crippen molar-refractivity contribution in [1.82, 2.24) is 19.6 Å². The Kier molecular flexibility index (Phi) is 7.33. The molecule has 4 N–H and O–H groups in total. The molecule has 6 rings (SSSR count). The molecule has 218 valence electrons. The summed E-state index contributed by atoms with van der Waals surface area (Å²) in [4.78, 5) is 34.9. The van der Waals surface area contributed by atoms with Gasteiger partial charge in [-0.05, 0) is 56.7 Å². The second-order valence-electron chi connectivity index (χ2n) is 10.6. The maximum absolute atomic E-state index is 14.2. The Morgan fingerprint density at radius 2 is 1.86 bits per heavy atom. The lowest BCUT2D eigenvalue weighted by molar-refractivity contribution is -0.0192. The van der Waals surface area contributed by atoms with Crippen LogP contribution in [0.1, 0.15) is 49.0 Å². The van der Waals surface area contributed by atoms with Gasteiger partial charge >= 0.3 is 6.09 Å². The number of aromatic nitrogens is 4. The minimum atomic E-state index is -0.996. The van der Waals surface area contributed by atoms with Gasteiger partial charge in [0.15, 0.2) is 23.0 Å². The lowest BCUT2D eigenvalue weighted by atomic mass is 9.86. The fraction of sp³-hybridized carbons (Fsp3) is 0.345. The smallest absolute Gasteiger partial charge is 0.412 e. The summed E-state index contributed by atoms with van der Waals surface area (Å²) in [6.45, 7) is 0. The molecule has 1 aromatic carbocycles. The molecule has 4 aromatic rings. The molecule has 0 spiro atoms. The van der Waals surface area contributed by atoms with Crippen molar-refractivity contribution in [2.75, 3.05) is 28.0 Å². The van der Waals surface area contributed by atoms with Crippen molar-refractivity contribution in [1.29, 1.82) is 0 Å². The lowest BCUT2D eigenvalue weighted by Gasteiger charge is -2.42. The van der Waals surface area contributed by atoms with Gasteiger partial charge in [-0.1, -0.05) is 18.2 Å². The minimum absolute atomic E-state index is 0.00318. The predicted molar refractivity (Wildman–Crippen MR) is 154 cm³/mol. The molecule has 0 aliphatic heterocycles. The van der Waals surface area contributed by atoms with Crippen LogP contribution < -0.4 is 20.9 Å². The Morgan fingerprint density at radius 3 is 2.52 bits per heavy atom. The third kappa shape index (κ3) is 5.55. The topological polar surface area (TPSA) is 146 Å². The van der Waals surface area contributed by atoms with Crippen LogP contribution in [0.25, 0.3) is 5.65 Å². The molecule has 2 aliphatic rings. The van der Waals surface area contributed by atoms with Gasteiger partial charge in [0.2, 0.25) is 0 Å². The van der Waals surface area contributed by atoms with Gasteiger partial charge in [-0.3, -0.25) is 14.7 Å². The largest absolute Gasteiger partial charge is 0.465 e. The average molecular weight is 575 g/mol. The molecule has 2 fully saturated rings. The number of carbonyl (C=O) groups excluding carboxylic acids is 1. The van der Waals surface area contributed by atoms with Crippen molar-refractivity contribution in [3.05, 3.63) is 72.6 Å². The maximum Gasteiger partial charge on any atom is 0.412 e. The van der Waals surface area contributed by atoms with Gasteiger partial charge in [0, 0.05) is 37.1 Å². The third-order valence-electron chi connectivity index (χ3n) is 7.77. The molecular formula is C29H31FN8O4. The molecule has 0 radical (unpaired) electrons. The molecule has 3 heterocycles. The SMILES string of the molecule is CO[C@]1(Nc2cc(NC3CC3)c3ncc(C(=O)Nc4ccncc4F)n3n2)CC[C@H](N(C(=O)O)c2ccccc2)CC1. The first kappa shape index (κ1) is 27.4. The van der Waals surface area contributed by atoms with E-state index in [-0.39, 0.29) is 17.4 Å². The summed E-state index contributed by atoms with van der Waals surface area (Å²) in [5.74, 6) is -0.782. The minimum Gasteiger partial charge on any atom is -0.465 e. The fourth-order valence-electron chi connectivity index (χ4n) is 5.41. The maximum atomic E-state index is 14.2. The van der Waals surface area contributed by atoms with Crippen molar-refractivity contribution >= 4 is 40.5 Å². The van der Waals surface area contributed by atoms with Crippen molar-refractivity contribution in [2.24, 2.45) is 0 Å². The van der Waals surface area contributed by atoms with Gasteiger partial charge in [-0.15, -0.1) is 5.10 Å². The number of methoxy groups -OCH3 is 1. The number of halogens is 1. The van der Waals surface area contributed by atoms with E-state index in [1.165, 1.54) is 27.9 Å². The zero-order valence-corrected chi connectivity index (χ0v) is 23.0. The molecule has 0 bridgehead atoms. The Hall–Kier alpha value is -4.78. The summed E-state index contributed by atoms with van der Waals surface area (Å²) >= 11 is 0. The quantitative estimate of drug-likeness (QED) is 0.204. The number of hydrogen-bond acceptors (Lipinski definition) is 8. The van der Waals surface area contributed by atoms with Crippen molar-refractivity contribution in [3.63, 3.8) is 0 Å². The molecule has 0 atom stereocenters. The van der Waals surface area contributed by atoms with E-state index in [2.05, 4.69) is 31.0 Å². The first-order valence-electron chi connectivity index (χ1n) is 13.8. The van der Waals surface area contributed by atoms with Crippen LogP contribution in [-0.4, -0.2) is 61.6 Å². The van der Waals surface area contributed by atoms with Crippen molar-refractivity contribution in [3.8, 4) is 0 Å². The van der Waals surface area contributed by atoms with Crippen LogP contribution >= 0.6 is 0 Å². The molecule has 0 unspecified atom stereocenters. The highest BCUT2D eigenvalue weighted by atomic mass is 19.1. The summed E-state index contributed by atoms with van der Waals surface area (Å²) in [7, 11) is 1.61. The van der Waals surface area contributed by atoms with Crippen LogP contribution in [0.2, 0.25) is 0 Å². The number of fused-ring (bicyclic) bond motifs is 1. The van der Waals surface area contributed by atoms with E-state index in [0.29, 0.717) is 54.6 Å². The van der Waals surface area contributed by atoms with E-state index in [1.54, 1.807) is 19.2 Å². The van der Waals surface area contributed by atoms with Gasteiger partial charge < -0.3 is 25.8 Å². The van der Waals surface area contributed by atoms with Crippen LogP contribution in [0.5, 0.6) is 0 Å². The summed E-state index contributed by atoms with van der Waals surface area (Å²) in [5, 5.41) is 24.1. The number of pyridine rings is 1. The number of ether oxygens (including phenoxy) is 1. The number of imidazole rings is 1. The van der Waals surface area contributed by atoms with Crippen LogP contribution in [0.4, 0.5) is 32.1 Å². The Balaban J connectivity index is 1.26. The van der Waals surface area contributed by atoms with Crippen molar-refractivity contribution in [2.45, 2.75) is 56.3 Å². The molecule has 2 amide bonds. The first-order chi connectivity index (χ1) is 20.4. The van der Waals surface area contributed by atoms with Crippen LogP contribution in [0.3, 0.4) is 0 Å². The normalized spacial score (nSPS) is 20.2. The molecule has 0 saturated heterocycles.